The SMILES string of the molecule is COc1ccc(OC)c2c1cc1n2C[C@@](C)(C(=O)NC2CCCCC2)N(Cc2ccc(C)cc2)C1=O. The molecule has 1 N–H and O–H groups in total. The Bertz CT molecular complexity index is 1290. The number of hydrogen-bond acceptors (Lipinski definition) is 4. The van der Waals surface area contributed by atoms with E-state index in [-0.39, 0.29) is 17.9 Å². The van der Waals surface area contributed by atoms with Gasteiger partial charge in [0.25, 0.3) is 5.91 Å². The van der Waals surface area contributed by atoms with E-state index in [0.717, 1.165) is 47.7 Å². The van der Waals surface area contributed by atoms with Crippen LogP contribution in [0.25, 0.3) is 10.9 Å². The van der Waals surface area contributed by atoms with Crippen LogP contribution in [0.2, 0.25) is 0 Å². The van der Waals surface area contributed by atoms with Gasteiger partial charge in [-0.15, -0.1) is 0 Å². The van der Waals surface area contributed by atoms with Crippen molar-refractivity contribution in [1.82, 2.24) is 14.8 Å². The zero-order chi connectivity index (χ0) is 25.4. The maximum Gasteiger partial charge on any atom is 0.271 e. The fourth-order valence-corrected chi connectivity index (χ4v) is 5.67. The van der Waals surface area contributed by atoms with E-state index in [9.17, 15) is 9.59 Å². The molecule has 1 aromatic heterocycles. The monoisotopic (exact) mass is 489 g/mol. The van der Waals surface area contributed by atoms with Gasteiger partial charge in [-0.3, -0.25) is 9.59 Å². The van der Waals surface area contributed by atoms with Crippen molar-refractivity contribution in [2.75, 3.05) is 14.2 Å². The van der Waals surface area contributed by atoms with Crippen molar-refractivity contribution in [3.8, 4) is 11.5 Å². The van der Waals surface area contributed by atoms with E-state index in [1.54, 1.807) is 19.1 Å². The number of carbonyl (C=O) groups is 2. The standard InChI is InChI=1S/C29H35N3O4/c1-19-10-12-20(13-11-19)17-32-27(33)23-16-22-24(35-3)14-15-25(36-4)26(22)31(23)18-29(32,2)28(34)30-21-8-6-5-7-9-21/h10-16,21H,5-9,17-18H2,1-4H3,(H,30,34)/t29-/m0/s1. The van der Waals surface area contributed by atoms with Gasteiger partial charge >= 0.3 is 0 Å². The predicted octanol–water partition coefficient (Wildman–Crippen LogP) is 4.83. The Labute approximate surface area is 212 Å². The summed E-state index contributed by atoms with van der Waals surface area (Å²) in [4.78, 5) is 29.8. The molecule has 2 aromatic carbocycles. The highest BCUT2D eigenvalue weighted by atomic mass is 16.5. The summed E-state index contributed by atoms with van der Waals surface area (Å²) in [6.45, 7) is 4.60. The van der Waals surface area contributed by atoms with Gasteiger partial charge in [0.2, 0.25) is 5.91 Å². The number of nitrogens with one attached hydrogen (secondary N) is 1. The molecule has 7 heteroatoms. The molecule has 7 nitrogen and oxygen atoms in total. The van der Waals surface area contributed by atoms with Gasteiger partial charge in [0.1, 0.15) is 22.7 Å². The van der Waals surface area contributed by atoms with E-state index in [4.69, 9.17) is 9.47 Å². The second kappa shape index (κ2) is 9.52. The van der Waals surface area contributed by atoms with Crippen LogP contribution in [0.5, 0.6) is 11.5 Å². The Balaban J connectivity index is 1.61. The number of aryl methyl sites for hydroxylation is 1. The van der Waals surface area contributed by atoms with Crippen LogP contribution in [0.15, 0.2) is 42.5 Å². The molecule has 3 aromatic rings. The number of hydrogen-bond donors (Lipinski definition) is 1. The van der Waals surface area contributed by atoms with E-state index in [0.29, 0.717) is 30.3 Å². The van der Waals surface area contributed by atoms with Gasteiger partial charge in [-0.25, -0.2) is 0 Å². The molecule has 2 heterocycles. The Morgan fingerprint density at radius 1 is 1.03 bits per heavy atom. The molecule has 1 saturated carbocycles. The smallest absolute Gasteiger partial charge is 0.271 e. The maximum atomic E-state index is 14.1. The van der Waals surface area contributed by atoms with Gasteiger partial charge in [-0.05, 0) is 50.5 Å². The predicted molar refractivity (Wildman–Crippen MR) is 140 cm³/mol. The molecule has 1 aliphatic carbocycles. The molecule has 2 amide bonds. The molecule has 5 rings (SSSR count). The van der Waals surface area contributed by atoms with Gasteiger partial charge < -0.3 is 24.3 Å². The summed E-state index contributed by atoms with van der Waals surface area (Å²) in [5, 5.41) is 4.09. The zero-order valence-corrected chi connectivity index (χ0v) is 21.6. The molecule has 1 fully saturated rings. The summed E-state index contributed by atoms with van der Waals surface area (Å²) in [5.41, 5.74) is 2.37. The number of methoxy groups -OCH3 is 2. The summed E-state index contributed by atoms with van der Waals surface area (Å²) in [7, 11) is 3.23. The van der Waals surface area contributed by atoms with Crippen molar-refractivity contribution in [2.45, 2.75) is 70.6 Å². The van der Waals surface area contributed by atoms with Gasteiger partial charge in [-0.2, -0.15) is 0 Å². The summed E-state index contributed by atoms with van der Waals surface area (Å²) in [5.74, 6) is 1.03. The molecule has 36 heavy (non-hydrogen) atoms. The van der Waals surface area contributed by atoms with Gasteiger partial charge in [-0.1, -0.05) is 49.1 Å². The molecular formula is C29H35N3O4. The van der Waals surface area contributed by atoms with Crippen molar-refractivity contribution in [3.05, 3.63) is 59.3 Å². The summed E-state index contributed by atoms with van der Waals surface area (Å²) < 4.78 is 13.2. The minimum Gasteiger partial charge on any atom is -0.496 e. The van der Waals surface area contributed by atoms with Crippen LogP contribution in [-0.4, -0.2) is 47.1 Å². The maximum absolute atomic E-state index is 14.1. The molecule has 2 aliphatic rings. The lowest BCUT2D eigenvalue weighted by atomic mass is 9.91. The first-order valence-corrected chi connectivity index (χ1v) is 12.8. The number of ether oxygens (including phenoxy) is 2. The molecule has 0 saturated heterocycles. The van der Waals surface area contributed by atoms with Crippen LogP contribution in [0.1, 0.15) is 60.6 Å². The van der Waals surface area contributed by atoms with Crippen LogP contribution in [0.4, 0.5) is 0 Å². The van der Waals surface area contributed by atoms with E-state index in [1.807, 2.05) is 60.9 Å². The molecule has 0 spiro atoms. The van der Waals surface area contributed by atoms with Gasteiger partial charge in [0.15, 0.2) is 0 Å². The Morgan fingerprint density at radius 3 is 2.36 bits per heavy atom. The van der Waals surface area contributed by atoms with Crippen LogP contribution < -0.4 is 14.8 Å². The van der Waals surface area contributed by atoms with Gasteiger partial charge in [0.05, 0.1) is 26.3 Å². The van der Waals surface area contributed by atoms with Crippen molar-refractivity contribution >= 4 is 22.7 Å². The number of nitrogens with zero attached hydrogens (tertiary/aromatic N) is 2. The van der Waals surface area contributed by atoms with Crippen molar-refractivity contribution < 1.29 is 19.1 Å². The first kappa shape index (κ1) is 24.2. The quantitative estimate of drug-likeness (QED) is 0.538. The van der Waals surface area contributed by atoms with E-state index < -0.39 is 5.54 Å². The second-order valence-corrected chi connectivity index (χ2v) is 10.3. The largest absolute Gasteiger partial charge is 0.496 e. The Kier molecular flexibility index (Phi) is 6.41. The molecule has 0 bridgehead atoms. The summed E-state index contributed by atoms with van der Waals surface area (Å²) in [6.07, 6.45) is 5.42. The van der Waals surface area contributed by atoms with E-state index in [1.165, 1.54) is 6.42 Å². The topological polar surface area (TPSA) is 72.8 Å². The highest BCUT2D eigenvalue weighted by Gasteiger charge is 2.48. The van der Waals surface area contributed by atoms with Crippen LogP contribution in [0.3, 0.4) is 0 Å². The van der Waals surface area contributed by atoms with Crippen LogP contribution >= 0.6 is 0 Å². The summed E-state index contributed by atoms with van der Waals surface area (Å²) >= 11 is 0. The molecular weight excluding hydrogens is 454 g/mol. The summed E-state index contributed by atoms with van der Waals surface area (Å²) in [6, 6.07) is 13.8. The zero-order valence-electron chi connectivity index (χ0n) is 21.6. The number of benzene rings is 2. The fourth-order valence-electron chi connectivity index (χ4n) is 5.67. The number of rotatable bonds is 6. The highest BCUT2D eigenvalue weighted by Crippen LogP contribution is 2.40. The average Bonchev–Trinajstić information content (AvgIpc) is 3.27. The Hall–Kier alpha value is -3.48. The lowest BCUT2D eigenvalue weighted by Crippen LogP contribution is -2.64. The minimum absolute atomic E-state index is 0.107. The molecule has 190 valence electrons. The molecule has 1 aliphatic heterocycles. The van der Waals surface area contributed by atoms with E-state index >= 15 is 0 Å². The third-order valence-electron chi connectivity index (χ3n) is 7.84. The second-order valence-electron chi connectivity index (χ2n) is 10.3. The minimum atomic E-state index is -1.08. The molecule has 0 radical (unpaired) electrons. The number of carbonyl (C=O) groups excluding carboxylic acids is 2. The molecule has 0 unspecified atom stereocenters. The lowest BCUT2D eigenvalue weighted by molar-refractivity contribution is -0.134. The third-order valence-corrected chi connectivity index (χ3v) is 7.84. The fraction of sp³-hybridized carbons (Fsp3) is 0.448. The van der Waals surface area contributed by atoms with Gasteiger partial charge in [0, 0.05) is 18.0 Å². The average molecular weight is 490 g/mol. The van der Waals surface area contributed by atoms with E-state index in [2.05, 4.69) is 5.32 Å². The number of aromatic nitrogens is 1. The third kappa shape index (κ3) is 4.10. The van der Waals surface area contributed by atoms with Crippen LogP contribution in [0, 0.1) is 6.92 Å². The number of fused-ring (bicyclic) bond motifs is 3. The normalized spacial score (nSPS) is 20.3. The number of amides is 2. The highest BCUT2D eigenvalue weighted by molar-refractivity contribution is 6.05. The molecule has 1 atom stereocenters. The van der Waals surface area contributed by atoms with Crippen molar-refractivity contribution in [1.29, 1.82) is 0 Å². The first-order chi connectivity index (χ1) is 17.4. The van der Waals surface area contributed by atoms with Crippen molar-refractivity contribution in [3.63, 3.8) is 0 Å². The Morgan fingerprint density at radius 2 is 1.69 bits per heavy atom. The van der Waals surface area contributed by atoms with Crippen molar-refractivity contribution in [2.24, 2.45) is 0 Å². The van der Waals surface area contributed by atoms with Crippen LogP contribution in [-0.2, 0) is 17.9 Å². The first-order valence-electron chi connectivity index (χ1n) is 12.8. The lowest BCUT2D eigenvalue weighted by Gasteiger charge is -2.45.